The van der Waals surface area contributed by atoms with Crippen molar-refractivity contribution >= 4 is 19.8 Å². The van der Waals surface area contributed by atoms with E-state index in [0.29, 0.717) is 12.8 Å². The van der Waals surface area contributed by atoms with Crippen LogP contribution in [-0.2, 0) is 37.4 Å². The van der Waals surface area contributed by atoms with Gasteiger partial charge >= 0.3 is 19.8 Å². The Kier molecular flexibility index (Phi) is 37.2. The van der Waals surface area contributed by atoms with Crippen LogP contribution in [0.4, 0.5) is 0 Å². The zero-order chi connectivity index (χ0) is 44.8. The van der Waals surface area contributed by atoms with Crippen LogP contribution < -0.4 is 0 Å². The average Bonchev–Trinajstić information content (AvgIpc) is 3.24. The lowest BCUT2D eigenvalue weighted by atomic mass is 10.00. The van der Waals surface area contributed by atoms with E-state index in [4.69, 9.17) is 23.3 Å². The van der Waals surface area contributed by atoms with Crippen molar-refractivity contribution in [3.8, 4) is 0 Å². The van der Waals surface area contributed by atoms with Gasteiger partial charge in [0.2, 0.25) is 0 Å². The first-order chi connectivity index (χ1) is 29.5. The summed E-state index contributed by atoms with van der Waals surface area (Å²) >= 11 is 0. The first kappa shape index (κ1) is 57.9. The number of carbonyl (C=O) groups excluding carboxylic acids is 2. The van der Waals surface area contributed by atoms with Gasteiger partial charge < -0.3 is 39.5 Å². The number of aliphatic hydroxyl groups is 4. The molecule has 0 aliphatic carbocycles. The average molecular weight is 895 g/mol. The molecule has 13 nitrogen and oxygen atoms in total. The van der Waals surface area contributed by atoms with Gasteiger partial charge in [0.1, 0.15) is 31.0 Å². The van der Waals surface area contributed by atoms with Gasteiger partial charge in [-0.25, -0.2) is 4.57 Å². The van der Waals surface area contributed by atoms with Gasteiger partial charge in [-0.2, -0.15) is 0 Å². The van der Waals surface area contributed by atoms with Gasteiger partial charge in [-0.15, -0.1) is 0 Å². The molecule has 362 valence electrons. The molecule has 1 aliphatic rings. The number of hydrogen-bond donors (Lipinski definition) is 5. The maximum absolute atomic E-state index is 12.8. The smallest absolute Gasteiger partial charge is 0.462 e. The van der Waals surface area contributed by atoms with E-state index in [2.05, 4.69) is 13.8 Å². The van der Waals surface area contributed by atoms with E-state index in [0.717, 1.165) is 38.5 Å². The van der Waals surface area contributed by atoms with E-state index in [1.807, 2.05) is 0 Å². The molecule has 0 saturated carbocycles. The molecule has 0 bridgehead atoms. The molecule has 1 heterocycles. The highest BCUT2D eigenvalue weighted by Crippen LogP contribution is 2.46. The molecule has 1 unspecified atom stereocenters. The quantitative estimate of drug-likeness (QED) is 0.0220. The molecule has 0 amide bonds. The lowest BCUT2D eigenvalue weighted by molar-refractivity contribution is -0.281. The van der Waals surface area contributed by atoms with Crippen LogP contribution in [0, 0.1) is 0 Å². The Labute approximate surface area is 370 Å². The van der Waals surface area contributed by atoms with Gasteiger partial charge in [-0.05, 0) is 12.8 Å². The van der Waals surface area contributed by atoms with Crippen molar-refractivity contribution in [3.05, 3.63) is 0 Å². The van der Waals surface area contributed by atoms with Gasteiger partial charge in [0, 0.05) is 12.8 Å². The lowest BCUT2D eigenvalue weighted by Gasteiger charge is -2.39. The minimum atomic E-state index is -5.02. The molecule has 7 atom stereocenters. The van der Waals surface area contributed by atoms with E-state index in [1.165, 1.54) is 154 Å². The predicted octanol–water partition coefficient (Wildman–Crippen LogP) is 10.7. The van der Waals surface area contributed by atoms with Crippen LogP contribution in [0.25, 0.3) is 0 Å². The van der Waals surface area contributed by atoms with Crippen LogP contribution in [-0.4, -0.2) is 93.9 Å². The highest BCUT2D eigenvalue weighted by atomic mass is 31.2. The van der Waals surface area contributed by atoms with Gasteiger partial charge in [0.05, 0.1) is 13.2 Å². The van der Waals surface area contributed by atoms with Crippen LogP contribution >= 0.6 is 7.82 Å². The Morgan fingerprint density at radius 1 is 0.525 bits per heavy atom. The van der Waals surface area contributed by atoms with E-state index in [-0.39, 0.29) is 12.8 Å². The molecule has 0 aromatic carbocycles. The number of unbranched alkanes of at least 4 members (excludes halogenated alkanes) is 30. The van der Waals surface area contributed by atoms with Gasteiger partial charge in [0.15, 0.2) is 12.4 Å². The summed E-state index contributed by atoms with van der Waals surface area (Å²) in [5.74, 6) is -1.04. The van der Waals surface area contributed by atoms with Crippen molar-refractivity contribution in [2.24, 2.45) is 0 Å². The molecule has 0 aromatic rings. The Balaban J connectivity index is 2.39. The topological polar surface area (TPSA) is 199 Å². The van der Waals surface area contributed by atoms with Crippen molar-refractivity contribution in [2.45, 2.75) is 269 Å². The number of esters is 2. The van der Waals surface area contributed by atoms with Crippen LogP contribution in [0.2, 0.25) is 0 Å². The fraction of sp³-hybridized carbons (Fsp3) is 0.957. The van der Waals surface area contributed by atoms with Gasteiger partial charge in [0.25, 0.3) is 0 Å². The number of ether oxygens (including phenoxy) is 3. The predicted molar refractivity (Wildman–Crippen MR) is 240 cm³/mol. The summed E-state index contributed by atoms with van der Waals surface area (Å²) in [5.41, 5.74) is 0. The Morgan fingerprint density at radius 3 is 1.26 bits per heavy atom. The molecule has 0 radical (unpaired) electrons. The second-order valence-electron chi connectivity index (χ2n) is 17.5. The second kappa shape index (κ2) is 39.2. The fourth-order valence-electron chi connectivity index (χ4n) is 7.75. The third-order valence-corrected chi connectivity index (χ3v) is 12.7. The molecular formula is C47H91O13P. The minimum absolute atomic E-state index is 0.125. The van der Waals surface area contributed by atoms with E-state index in [9.17, 15) is 39.5 Å². The number of phosphoric ester groups is 1. The first-order valence-corrected chi connectivity index (χ1v) is 26.4. The number of phosphoric acid groups is 1. The Morgan fingerprint density at radius 2 is 0.885 bits per heavy atom. The Bertz CT molecular complexity index is 1080. The van der Waals surface area contributed by atoms with Gasteiger partial charge in [-0.1, -0.05) is 206 Å². The number of hydrogen-bond acceptors (Lipinski definition) is 12. The van der Waals surface area contributed by atoms with E-state index >= 15 is 0 Å². The number of rotatable bonds is 43. The normalized spacial score (nSPS) is 20.7. The van der Waals surface area contributed by atoms with Crippen LogP contribution in [0.5, 0.6) is 0 Å². The van der Waals surface area contributed by atoms with Crippen molar-refractivity contribution in [2.75, 3.05) is 19.8 Å². The van der Waals surface area contributed by atoms with Crippen molar-refractivity contribution in [1.29, 1.82) is 0 Å². The molecule has 1 saturated heterocycles. The summed E-state index contributed by atoms with van der Waals surface area (Å²) in [7, 11) is -5.02. The summed E-state index contributed by atoms with van der Waals surface area (Å²) in [4.78, 5) is 35.8. The Hall–Kier alpha value is -1.15. The summed E-state index contributed by atoms with van der Waals surface area (Å²) in [6.07, 6.45) is 29.3. The summed E-state index contributed by atoms with van der Waals surface area (Å²) < 4.78 is 38.8. The molecule has 1 fully saturated rings. The van der Waals surface area contributed by atoms with Gasteiger partial charge in [-0.3, -0.25) is 18.6 Å². The molecule has 1 rings (SSSR count). The van der Waals surface area contributed by atoms with Crippen molar-refractivity contribution in [1.82, 2.24) is 0 Å². The van der Waals surface area contributed by atoms with Crippen LogP contribution in [0.15, 0.2) is 0 Å². The van der Waals surface area contributed by atoms with E-state index < -0.39 is 76.4 Å². The zero-order valence-electron chi connectivity index (χ0n) is 38.6. The number of aliphatic hydroxyl groups excluding tert-OH is 4. The molecule has 0 aromatic heterocycles. The van der Waals surface area contributed by atoms with Crippen LogP contribution in [0.3, 0.4) is 0 Å². The SMILES string of the molecule is CCCCCCCCCCCCCCCCCCCC(=O)O[C@H](COC(=O)CCCCCCCCCCCCCCCCC)COP(=O)(O)O[C@@H]1O[C@H](CO)[C@@H](O)[C@H](O)[C@H]1O. The third-order valence-electron chi connectivity index (χ3n) is 11.7. The van der Waals surface area contributed by atoms with Crippen LogP contribution in [0.1, 0.15) is 232 Å². The zero-order valence-corrected chi connectivity index (χ0v) is 39.5. The molecule has 0 spiro atoms. The standard InChI is InChI=1S/C47H91O13P/c1-3-5-7-9-11-13-15-17-19-20-22-24-26-28-30-32-34-36-43(50)58-40(39-57-61(54,55)60-47-46(53)45(52)44(51)41(37-48)59-47)38-56-42(49)35-33-31-29-27-25-23-21-18-16-14-12-10-8-6-4-2/h40-41,44-48,51-53H,3-39H2,1-2H3,(H,54,55)/t40-,41-,44-,45+,46-,47+/m1/s1. The second-order valence-corrected chi connectivity index (χ2v) is 18.9. The molecule has 14 heteroatoms. The monoisotopic (exact) mass is 895 g/mol. The summed E-state index contributed by atoms with van der Waals surface area (Å²) in [5, 5.41) is 39.6. The molecule has 1 aliphatic heterocycles. The van der Waals surface area contributed by atoms with Crippen molar-refractivity contribution < 1.29 is 62.7 Å². The molecule has 61 heavy (non-hydrogen) atoms. The molecular weight excluding hydrogens is 803 g/mol. The third kappa shape index (κ3) is 32.2. The highest BCUT2D eigenvalue weighted by Gasteiger charge is 2.47. The van der Waals surface area contributed by atoms with Crippen molar-refractivity contribution in [3.63, 3.8) is 0 Å². The van der Waals surface area contributed by atoms with E-state index in [1.54, 1.807) is 0 Å². The highest BCUT2D eigenvalue weighted by molar-refractivity contribution is 7.47. The maximum atomic E-state index is 12.8. The maximum Gasteiger partial charge on any atom is 0.474 e. The summed E-state index contributed by atoms with van der Waals surface area (Å²) in [6.45, 7) is 2.66. The summed E-state index contributed by atoms with van der Waals surface area (Å²) in [6, 6.07) is 0. The molecule has 5 N–H and O–H groups in total. The fourth-order valence-corrected chi connectivity index (χ4v) is 8.60. The number of carbonyl (C=O) groups is 2. The minimum Gasteiger partial charge on any atom is -0.462 e. The lowest BCUT2D eigenvalue weighted by Crippen LogP contribution is -2.58. The largest absolute Gasteiger partial charge is 0.474 e. The first-order valence-electron chi connectivity index (χ1n) is 24.9.